The summed E-state index contributed by atoms with van der Waals surface area (Å²) in [6, 6.07) is 6.28. The molecule has 7 nitrogen and oxygen atoms in total. The molecule has 36 heavy (non-hydrogen) atoms. The molecule has 0 spiro atoms. The Kier molecular flexibility index (Phi) is 6.19. The molecule has 1 aliphatic carbocycles. The van der Waals surface area contributed by atoms with Crippen LogP contribution in [0.15, 0.2) is 53.7 Å². The number of carbonyl (C=O) groups is 1. The lowest BCUT2D eigenvalue weighted by atomic mass is 10.0. The largest absolute Gasteiger partial charge is 0.416 e. The Morgan fingerprint density at radius 2 is 1.53 bits per heavy atom. The van der Waals surface area contributed by atoms with Gasteiger partial charge in [-0.15, -0.1) is 5.10 Å². The Morgan fingerprint density at radius 1 is 0.972 bits per heavy atom. The first kappa shape index (κ1) is 25.4. The monoisotopic (exact) mass is 530 g/mol. The van der Waals surface area contributed by atoms with Gasteiger partial charge in [-0.2, -0.15) is 26.3 Å². The number of sulfone groups is 1. The van der Waals surface area contributed by atoms with Crippen LogP contribution in [0.25, 0.3) is 23.2 Å². The van der Waals surface area contributed by atoms with E-state index in [0.717, 1.165) is 17.2 Å². The molecule has 1 aromatic heterocycles. The van der Waals surface area contributed by atoms with Crippen molar-refractivity contribution in [1.82, 2.24) is 14.8 Å². The van der Waals surface area contributed by atoms with E-state index in [-0.39, 0.29) is 22.1 Å². The zero-order valence-electron chi connectivity index (χ0n) is 18.0. The Labute approximate surface area is 200 Å². The molecule has 190 valence electrons. The van der Waals surface area contributed by atoms with Gasteiger partial charge in [-0.25, -0.2) is 18.1 Å². The maximum absolute atomic E-state index is 13.1. The van der Waals surface area contributed by atoms with E-state index in [1.54, 1.807) is 0 Å². The molecule has 4 rings (SSSR count). The van der Waals surface area contributed by atoms with Crippen molar-refractivity contribution in [3.05, 3.63) is 65.5 Å². The van der Waals surface area contributed by atoms with Crippen molar-refractivity contribution in [2.45, 2.75) is 35.3 Å². The van der Waals surface area contributed by atoms with Gasteiger partial charge in [-0.3, -0.25) is 4.79 Å². The van der Waals surface area contributed by atoms with Crippen molar-refractivity contribution < 1.29 is 39.6 Å². The van der Waals surface area contributed by atoms with Gasteiger partial charge >= 0.3 is 12.4 Å². The number of rotatable bonds is 6. The van der Waals surface area contributed by atoms with E-state index in [2.05, 4.69) is 10.1 Å². The summed E-state index contributed by atoms with van der Waals surface area (Å²) in [5.74, 6) is -1.40. The third-order valence-electron chi connectivity index (χ3n) is 5.34. The molecule has 1 heterocycles. The number of hydrogen-bond donors (Lipinski definition) is 1. The van der Waals surface area contributed by atoms with Crippen LogP contribution in [0.4, 0.5) is 26.3 Å². The van der Waals surface area contributed by atoms with Gasteiger partial charge < -0.3 is 5.73 Å². The molecule has 0 bridgehead atoms. The number of amides is 1. The highest BCUT2D eigenvalue weighted by atomic mass is 32.2. The van der Waals surface area contributed by atoms with Crippen LogP contribution in [0.1, 0.15) is 29.5 Å². The van der Waals surface area contributed by atoms with Gasteiger partial charge in [0.15, 0.2) is 15.7 Å². The number of aromatic nitrogens is 3. The first-order valence-electron chi connectivity index (χ1n) is 10.2. The number of benzene rings is 2. The second kappa shape index (κ2) is 8.76. The van der Waals surface area contributed by atoms with E-state index in [9.17, 15) is 39.6 Å². The highest BCUT2D eigenvalue weighted by molar-refractivity contribution is 7.92. The second-order valence-electron chi connectivity index (χ2n) is 8.02. The fourth-order valence-electron chi connectivity index (χ4n) is 3.36. The smallest absolute Gasteiger partial charge is 0.366 e. The van der Waals surface area contributed by atoms with Crippen molar-refractivity contribution in [1.29, 1.82) is 0 Å². The Balaban J connectivity index is 1.69. The summed E-state index contributed by atoms with van der Waals surface area (Å²) in [6.07, 6.45) is -6.91. The van der Waals surface area contributed by atoms with Crippen LogP contribution >= 0.6 is 0 Å². The number of carbonyl (C=O) groups excluding carboxylic acids is 1. The normalized spacial score (nSPS) is 15.2. The molecule has 1 fully saturated rings. The first-order valence-corrected chi connectivity index (χ1v) is 11.8. The van der Waals surface area contributed by atoms with Gasteiger partial charge in [0, 0.05) is 11.8 Å². The minimum absolute atomic E-state index is 0.0152. The van der Waals surface area contributed by atoms with Crippen LogP contribution in [0.5, 0.6) is 0 Å². The molecule has 0 atom stereocenters. The van der Waals surface area contributed by atoms with Crippen molar-refractivity contribution in [2.75, 3.05) is 0 Å². The highest BCUT2D eigenvalue weighted by Gasteiger charge is 2.38. The van der Waals surface area contributed by atoms with Crippen molar-refractivity contribution in [3.63, 3.8) is 0 Å². The molecule has 2 N–H and O–H groups in total. The van der Waals surface area contributed by atoms with Crippen molar-refractivity contribution in [2.24, 2.45) is 5.73 Å². The number of halogens is 6. The van der Waals surface area contributed by atoms with Gasteiger partial charge in [0.2, 0.25) is 0 Å². The summed E-state index contributed by atoms with van der Waals surface area (Å²) >= 11 is 0. The van der Waals surface area contributed by atoms with Crippen LogP contribution < -0.4 is 5.73 Å². The number of alkyl halides is 6. The quantitative estimate of drug-likeness (QED) is 0.376. The van der Waals surface area contributed by atoms with E-state index < -0.39 is 55.9 Å². The van der Waals surface area contributed by atoms with Gasteiger partial charge in [0.05, 0.1) is 26.8 Å². The first-order chi connectivity index (χ1) is 16.7. The van der Waals surface area contributed by atoms with E-state index in [1.807, 2.05) is 0 Å². The van der Waals surface area contributed by atoms with E-state index in [1.165, 1.54) is 24.3 Å². The number of hydrogen-bond acceptors (Lipinski definition) is 5. The molecule has 3 aromatic rings. The Hall–Kier alpha value is -3.68. The van der Waals surface area contributed by atoms with Gasteiger partial charge in [-0.05, 0) is 48.7 Å². The maximum atomic E-state index is 13.1. The summed E-state index contributed by atoms with van der Waals surface area (Å²) < 4.78 is 104. The average Bonchev–Trinajstić information content (AvgIpc) is 3.55. The predicted molar refractivity (Wildman–Crippen MR) is 115 cm³/mol. The minimum atomic E-state index is -5.04. The third-order valence-corrected chi connectivity index (χ3v) is 7.62. The number of nitrogens with zero attached hydrogens (tertiary/aromatic N) is 3. The van der Waals surface area contributed by atoms with E-state index in [0.29, 0.717) is 25.0 Å². The van der Waals surface area contributed by atoms with Crippen LogP contribution in [0, 0.1) is 0 Å². The fraction of sp³-hybridized carbons (Fsp3) is 0.227. The molecule has 1 aliphatic rings. The predicted octanol–water partition coefficient (Wildman–Crippen LogP) is 4.40. The lowest BCUT2D eigenvalue weighted by Gasteiger charge is -2.13. The molecule has 2 aromatic carbocycles. The second-order valence-corrected chi connectivity index (χ2v) is 10.2. The lowest BCUT2D eigenvalue weighted by Crippen LogP contribution is -2.14. The molecular formula is C22H16F6N4O3S. The van der Waals surface area contributed by atoms with Crippen molar-refractivity contribution >= 4 is 27.5 Å². The molecule has 0 unspecified atom stereocenters. The Morgan fingerprint density at radius 3 is 2.00 bits per heavy atom. The minimum Gasteiger partial charge on any atom is -0.366 e. The van der Waals surface area contributed by atoms with Crippen molar-refractivity contribution in [3.8, 4) is 11.4 Å². The van der Waals surface area contributed by atoms with Gasteiger partial charge in [0.1, 0.15) is 6.33 Å². The summed E-state index contributed by atoms with van der Waals surface area (Å²) in [5.41, 5.74) is 1.88. The van der Waals surface area contributed by atoms with Gasteiger partial charge in [0.25, 0.3) is 5.91 Å². The van der Waals surface area contributed by atoms with E-state index >= 15 is 0 Å². The number of nitrogens with two attached hydrogens (primary N) is 1. The molecule has 0 saturated heterocycles. The highest BCUT2D eigenvalue weighted by Crippen LogP contribution is 2.38. The van der Waals surface area contributed by atoms with Gasteiger partial charge in [-0.1, -0.05) is 12.1 Å². The van der Waals surface area contributed by atoms with Crippen LogP contribution in [0.3, 0.4) is 0 Å². The molecule has 1 amide bonds. The van der Waals surface area contributed by atoms with Crippen LogP contribution in [0.2, 0.25) is 0 Å². The zero-order chi connectivity index (χ0) is 26.5. The van der Waals surface area contributed by atoms with E-state index in [4.69, 9.17) is 5.73 Å². The average molecular weight is 530 g/mol. The SMILES string of the molecule is NC(=O)/C(=C/n1cnc(-c2cc(C(F)(F)F)cc(C(F)(F)F)c2)n1)c1ccc(S(=O)(=O)C2CC2)cc1. The molecule has 1 saturated carbocycles. The molecular weight excluding hydrogens is 514 g/mol. The summed E-state index contributed by atoms with van der Waals surface area (Å²) in [7, 11) is -3.47. The summed E-state index contributed by atoms with van der Waals surface area (Å²) in [5, 5.41) is 3.42. The maximum Gasteiger partial charge on any atom is 0.416 e. The molecule has 14 heteroatoms. The Bertz CT molecular complexity index is 1420. The van der Waals surface area contributed by atoms with Crippen LogP contribution in [-0.4, -0.2) is 34.3 Å². The zero-order valence-corrected chi connectivity index (χ0v) is 18.8. The third kappa shape index (κ3) is 5.27. The topological polar surface area (TPSA) is 108 Å². The standard InChI is InChI=1S/C22H16F6N4O3S/c23-21(24,25)14-7-13(8-15(9-14)22(26,27)28)20-30-11-32(31-20)10-18(19(29)33)12-1-3-16(4-2-12)36(34,35)17-5-6-17/h1-4,7-11,17H,5-6H2,(H2,29,33)/b18-10+. The lowest BCUT2D eigenvalue weighted by molar-refractivity contribution is -0.143. The molecule has 0 radical (unpaired) electrons. The summed E-state index contributed by atoms with van der Waals surface area (Å²) in [4.78, 5) is 15.8. The number of primary amides is 1. The molecule has 0 aliphatic heterocycles. The van der Waals surface area contributed by atoms with Crippen LogP contribution in [-0.2, 0) is 27.0 Å². The summed E-state index contributed by atoms with van der Waals surface area (Å²) in [6.45, 7) is 0. The fourth-order valence-corrected chi connectivity index (χ4v) is 5.02.